The number of amidine groups is 1. The Labute approximate surface area is 101 Å². The molecule has 6 heteroatoms. The van der Waals surface area contributed by atoms with Gasteiger partial charge in [0.05, 0.1) is 0 Å². The maximum absolute atomic E-state index is 12.8. The summed E-state index contributed by atoms with van der Waals surface area (Å²) in [6.07, 6.45) is 0. The zero-order valence-corrected chi connectivity index (χ0v) is 9.76. The van der Waals surface area contributed by atoms with Gasteiger partial charge in [-0.05, 0) is 29.5 Å². The van der Waals surface area contributed by atoms with E-state index in [1.807, 2.05) is 10.4 Å². The van der Waals surface area contributed by atoms with Crippen molar-refractivity contribution in [2.24, 2.45) is 10.8 Å². The summed E-state index contributed by atoms with van der Waals surface area (Å²) >= 11 is 3.11. The smallest absolute Gasteiger partial charge is 0.184 e. The van der Waals surface area contributed by atoms with Crippen LogP contribution in [0.1, 0.15) is 10.9 Å². The molecule has 0 aromatic heterocycles. The van der Waals surface area contributed by atoms with E-state index in [9.17, 15) is 4.39 Å². The molecule has 0 spiro atoms. The number of hydrazone groups is 1. The van der Waals surface area contributed by atoms with Gasteiger partial charge in [0.1, 0.15) is 16.2 Å². The lowest BCUT2D eigenvalue weighted by molar-refractivity contribution is 0.387. The Morgan fingerprint density at radius 1 is 1.31 bits per heavy atom. The average molecular weight is 253 g/mol. The van der Waals surface area contributed by atoms with E-state index in [-0.39, 0.29) is 11.2 Å². The molecule has 0 fully saturated rings. The van der Waals surface area contributed by atoms with Crippen LogP contribution in [0.5, 0.6) is 0 Å². The molecular weight excluding hydrogens is 245 g/mol. The Kier molecular flexibility index (Phi) is 2.33. The molecule has 16 heavy (non-hydrogen) atoms. The Bertz CT molecular complexity index is 483. The van der Waals surface area contributed by atoms with Gasteiger partial charge in [-0.1, -0.05) is 23.9 Å². The molecule has 0 amide bonds. The normalized spacial score (nSPS) is 23.1. The van der Waals surface area contributed by atoms with E-state index in [0.717, 1.165) is 10.6 Å². The van der Waals surface area contributed by atoms with Crippen molar-refractivity contribution in [3.8, 4) is 0 Å². The summed E-state index contributed by atoms with van der Waals surface area (Å²) in [5.74, 6) is -0.223. The molecule has 3 nitrogen and oxygen atoms in total. The molecule has 0 saturated carbocycles. The number of nitrogens with two attached hydrogens (primary N) is 1. The molecule has 0 aliphatic carbocycles. The first-order valence-corrected chi connectivity index (χ1v) is 6.42. The largest absolute Gasteiger partial charge is 0.377 e. The number of benzene rings is 1. The summed E-state index contributed by atoms with van der Waals surface area (Å²) < 4.78 is 12.8. The highest BCUT2D eigenvalue weighted by Crippen LogP contribution is 2.49. The molecule has 2 aliphatic rings. The van der Waals surface area contributed by atoms with Gasteiger partial charge in [-0.25, -0.2) is 9.40 Å². The second-order valence-corrected chi connectivity index (χ2v) is 5.38. The maximum atomic E-state index is 12.8. The van der Waals surface area contributed by atoms with Crippen molar-refractivity contribution in [3.63, 3.8) is 0 Å². The van der Waals surface area contributed by atoms with Gasteiger partial charge < -0.3 is 5.73 Å². The lowest BCUT2D eigenvalue weighted by Crippen LogP contribution is -2.13. The summed E-state index contributed by atoms with van der Waals surface area (Å²) in [5.41, 5.74) is 6.68. The van der Waals surface area contributed by atoms with E-state index >= 15 is 0 Å². The average Bonchev–Trinajstić information content (AvgIpc) is 2.78. The first kappa shape index (κ1) is 10.0. The van der Waals surface area contributed by atoms with Crippen LogP contribution >= 0.6 is 23.5 Å². The predicted molar refractivity (Wildman–Crippen MR) is 65.9 cm³/mol. The Morgan fingerprint density at radius 3 is 2.81 bits per heavy atom. The molecule has 2 heterocycles. The number of hydrogen-bond acceptors (Lipinski definition) is 5. The van der Waals surface area contributed by atoms with Crippen LogP contribution in [0, 0.1) is 5.82 Å². The maximum Gasteiger partial charge on any atom is 0.184 e. The lowest BCUT2D eigenvalue weighted by Gasteiger charge is -2.19. The molecular formula is C10H8FN3S2. The van der Waals surface area contributed by atoms with E-state index in [4.69, 9.17) is 5.73 Å². The van der Waals surface area contributed by atoms with Crippen molar-refractivity contribution in [3.05, 3.63) is 46.1 Å². The van der Waals surface area contributed by atoms with E-state index in [2.05, 4.69) is 5.10 Å². The minimum absolute atomic E-state index is 0.0733. The highest BCUT2D eigenvalue weighted by atomic mass is 32.2. The number of rotatable bonds is 1. The van der Waals surface area contributed by atoms with Gasteiger partial charge in [0.15, 0.2) is 5.17 Å². The zero-order chi connectivity index (χ0) is 11.1. The van der Waals surface area contributed by atoms with Crippen molar-refractivity contribution in [2.45, 2.75) is 5.37 Å². The topological polar surface area (TPSA) is 41.6 Å². The first-order valence-electron chi connectivity index (χ1n) is 4.66. The third-order valence-electron chi connectivity index (χ3n) is 2.32. The molecule has 1 aromatic carbocycles. The van der Waals surface area contributed by atoms with Gasteiger partial charge in [-0.15, -0.1) is 5.10 Å². The van der Waals surface area contributed by atoms with Crippen molar-refractivity contribution >= 4 is 28.7 Å². The van der Waals surface area contributed by atoms with E-state index in [0.29, 0.717) is 5.17 Å². The molecule has 0 radical (unpaired) electrons. The number of fused-ring (bicyclic) bond motifs is 1. The van der Waals surface area contributed by atoms with E-state index in [1.54, 1.807) is 23.9 Å². The molecule has 0 bridgehead atoms. The van der Waals surface area contributed by atoms with Crippen molar-refractivity contribution < 1.29 is 4.39 Å². The molecule has 3 rings (SSSR count). The van der Waals surface area contributed by atoms with Crippen LogP contribution in [-0.4, -0.2) is 10.2 Å². The molecule has 0 saturated heterocycles. The monoisotopic (exact) mass is 253 g/mol. The second-order valence-electron chi connectivity index (χ2n) is 3.38. The third kappa shape index (κ3) is 1.58. The summed E-state index contributed by atoms with van der Waals surface area (Å²) in [4.78, 5) is 0. The van der Waals surface area contributed by atoms with Gasteiger partial charge in [0.25, 0.3) is 0 Å². The molecule has 1 atom stereocenters. The fraction of sp³-hybridized carbons (Fsp3) is 0.100. The van der Waals surface area contributed by atoms with Crippen LogP contribution in [0.3, 0.4) is 0 Å². The second kappa shape index (κ2) is 3.71. The summed E-state index contributed by atoms with van der Waals surface area (Å²) in [7, 11) is 0. The highest BCUT2D eigenvalue weighted by Gasteiger charge is 2.33. The van der Waals surface area contributed by atoms with Crippen LogP contribution in [-0.2, 0) is 0 Å². The minimum Gasteiger partial charge on any atom is -0.377 e. The summed E-state index contributed by atoms with van der Waals surface area (Å²) in [6.45, 7) is 0. The van der Waals surface area contributed by atoms with Crippen LogP contribution in [0.25, 0.3) is 0 Å². The van der Waals surface area contributed by atoms with E-state index < -0.39 is 0 Å². The number of halogens is 1. The molecule has 2 aliphatic heterocycles. The van der Waals surface area contributed by atoms with Gasteiger partial charge in [-0.2, -0.15) is 0 Å². The fourth-order valence-electron chi connectivity index (χ4n) is 1.60. The molecule has 82 valence electrons. The van der Waals surface area contributed by atoms with Crippen LogP contribution in [0.4, 0.5) is 4.39 Å². The first-order chi connectivity index (χ1) is 7.74. The zero-order valence-electron chi connectivity index (χ0n) is 8.13. The van der Waals surface area contributed by atoms with Gasteiger partial charge in [0.2, 0.25) is 0 Å². The Morgan fingerprint density at radius 2 is 2.06 bits per heavy atom. The van der Waals surface area contributed by atoms with Gasteiger partial charge >= 0.3 is 0 Å². The van der Waals surface area contributed by atoms with Crippen molar-refractivity contribution in [2.75, 3.05) is 0 Å². The number of hydrogen-bond donors (Lipinski definition) is 1. The fourth-order valence-corrected chi connectivity index (χ4v) is 3.56. The van der Waals surface area contributed by atoms with Crippen LogP contribution in [0.2, 0.25) is 0 Å². The quantitative estimate of drug-likeness (QED) is 0.835. The van der Waals surface area contributed by atoms with Crippen molar-refractivity contribution in [1.29, 1.82) is 0 Å². The van der Waals surface area contributed by atoms with Gasteiger partial charge in [0, 0.05) is 5.41 Å². The molecule has 0 unspecified atom stereocenters. The minimum atomic E-state index is -0.223. The van der Waals surface area contributed by atoms with Crippen LogP contribution < -0.4 is 5.73 Å². The number of thioether (sulfide) groups is 2. The van der Waals surface area contributed by atoms with E-state index in [1.165, 1.54) is 23.9 Å². The third-order valence-corrected chi connectivity index (χ3v) is 4.36. The SMILES string of the molecule is NC1=NN2C(=CS[C@H]2c2ccc(F)cc2)S1. The Balaban J connectivity index is 1.90. The molecule has 1 aromatic rings. The standard InChI is InChI=1S/C10H8FN3S2/c11-7-3-1-6(2-4-7)9-14-8(5-15-9)16-10(12)13-14/h1-5,9H,(H2,12,13)/t9-/m0/s1. The highest BCUT2D eigenvalue weighted by molar-refractivity contribution is 8.18. The van der Waals surface area contributed by atoms with Gasteiger partial charge in [-0.3, -0.25) is 0 Å². The lowest BCUT2D eigenvalue weighted by atomic mass is 10.2. The summed E-state index contributed by atoms with van der Waals surface area (Å²) in [5, 5.41) is 9.81. The Hall–Kier alpha value is -1.14. The predicted octanol–water partition coefficient (Wildman–Crippen LogP) is 2.65. The number of nitrogens with zero attached hydrogens (tertiary/aromatic N) is 2. The van der Waals surface area contributed by atoms with Crippen molar-refractivity contribution in [1.82, 2.24) is 5.01 Å². The van der Waals surface area contributed by atoms with Crippen LogP contribution in [0.15, 0.2) is 39.8 Å². The molecule has 2 N–H and O–H groups in total. The summed E-state index contributed by atoms with van der Waals surface area (Å²) in [6, 6.07) is 6.48.